The van der Waals surface area contributed by atoms with Crippen LogP contribution in [0.5, 0.6) is 0 Å². The monoisotopic (exact) mass is 342 g/mol. The molecule has 0 aliphatic rings. The third-order valence-electron chi connectivity index (χ3n) is 4.36. The molecule has 0 aromatic heterocycles. The van der Waals surface area contributed by atoms with Crippen LogP contribution in [-0.4, -0.2) is 36.7 Å². The minimum atomic E-state index is -0.372. The molecule has 6 nitrogen and oxygen atoms in total. The Morgan fingerprint density at radius 2 is 0.958 bits per heavy atom. The maximum atomic E-state index is 11.9. The smallest absolute Gasteiger partial charge is 0.149 e. The second-order valence-corrected chi connectivity index (χ2v) is 6.63. The van der Waals surface area contributed by atoms with Crippen molar-refractivity contribution in [2.75, 3.05) is 13.1 Å². The van der Waals surface area contributed by atoms with Crippen LogP contribution in [0.4, 0.5) is 0 Å². The summed E-state index contributed by atoms with van der Waals surface area (Å²) in [6.07, 6.45) is 9.69. The third-order valence-corrected chi connectivity index (χ3v) is 4.36. The molecule has 0 spiro atoms. The van der Waals surface area contributed by atoms with Crippen LogP contribution >= 0.6 is 0 Å². The Balaban J connectivity index is 3.68. The molecule has 0 saturated carbocycles. The fraction of sp³-hybridized carbons (Fsp3) is 0.889. The van der Waals surface area contributed by atoms with E-state index in [4.69, 9.17) is 22.9 Å². The molecular weight excluding hydrogens is 304 g/mol. The predicted molar refractivity (Wildman–Crippen MR) is 99.5 cm³/mol. The molecule has 0 bridgehead atoms. The standard InChI is InChI=1S/C18H38N4O2/c19-13-7-1-3-9-15(21)17(23)11-5-6-12-18(24)16(22)10-4-2-8-14-20/h15-16H,1-14,19-22H2. The van der Waals surface area contributed by atoms with E-state index in [2.05, 4.69) is 0 Å². The minimum Gasteiger partial charge on any atom is -0.330 e. The van der Waals surface area contributed by atoms with Crippen molar-refractivity contribution in [1.29, 1.82) is 0 Å². The second-order valence-electron chi connectivity index (χ2n) is 6.63. The molecule has 0 radical (unpaired) electrons. The summed E-state index contributed by atoms with van der Waals surface area (Å²) in [5, 5.41) is 0. The van der Waals surface area contributed by atoms with Crippen LogP contribution in [0.15, 0.2) is 0 Å². The Morgan fingerprint density at radius 3 is 1.29 bits per heavy atom. The second kappa shape index (κ2) is 15.7. The van der Waals surface area contributed by atoms with E-state index in [-0.39, 0.29) is 23.7 Å². The van der Waals surface area contributed by atoms with Crippen molar-refractivity contribution >= 4 is 11.6 Å². The zero-order chi connectivity index (χ0) is 18.2. The van der Waals surface area contributed by atoms with E-state index < -0.39 is 0 Å². The van der Waals surface area contributed by atoms with Crippen molar-refractivity contribution < 1.29 is 9.59 Å². The van der Waals surface area contributed by atoms with Gasteiger partial charge in [-0.15, -0.1) is 0 Å². The van der Waals surface area contributed by atoms with Gasteiger partial charge in [0.1, 0.15) is 11.6 Å². The SMILES string of the molecule is NCCCCCC(N)C(=O)CCCCC(=O)C(N)CCCCCN. The Bertz CT molecular complexity index is 305. The normalized spacial score (nSPS) is 13.7. The first kappa shape index (κ1) is 23.2. The summed E-state index contributed by atoms with van der Waals surface area (Å²) in [6.45, 7) is 1.37. The van der Waals surface area contributed by atoms with Crippen molar-refractivity contribution in [2.24, 2.45) is 22.9 Å². The molecule has 0 heterocycles. The molecule has 0 rings (SSSR count). The molecule has 0 amide bonds. The Hall–Kier alpha value is -0.820. The first-order valence-electron chi connectivity index (χ1n) is 9.49. The van der Waals surface area contributed by atoms with Crippen LogP contribution in [0, 0.1) is 0 Å². The lowest BCUT2D eigenvalue weighted by atomic mass is 9.98. The zero-order valence-electron chi connectivity index (χ0n) is 15.2. The van der Waals surface area contributed by atoms with Crippen LogP contribution in [-0.2, 0) is 9.59 Å². The third kappa shape index (κ3) is 12.6. The van der Waals surface area contributed by atoms with Crippen molar-refractivity contribution in [1.82, 2.24) is 0 Å². The molecule has 0 aromatic carbocycles. The highest BCUT2D eigenvalue weighted by atomic mass is 16.1. The Labute approximate surface area is 147 Å². The zero-order valence-corrected chi connectivity index (χ0v) is 15.2. The number of rotatable bonds is 17. The van der Waals surface area contributed by atoms with Crippen LogP contribution < -0.4 is 22.9 Å². The predicted octanol–water partition coefficient (Wildman–Crippen LogP) is 1.38. The lowest BCUT2D eigenvalue weighted by molar-refractivity contribution is -0.122. The highest BCUT2D eigenvalue weighted by molar-refractivity contribution is 5.84. The molecule has 8 N–H and O–H groups in total. The number of hydrogen-bond donors (Lipinski definition) is 4. The van der Waals surface area contributed by atoms with Gasteiger partial charge < -0.3 is 22.9 Å². The maximum Gasteiger partial charge on any atom is 0.149 e. The van der Waals surface area contributed by atoms with Crippen molar-refractivity contribution in [3.8, 4) is 0 Å². The fourth-order valence-electron chi connectivity index (χ4n) is 2.66. The summed E-state index contributed by atoms with van der Waals surface area (Å²) in [4.78, 5) is 23.8. The molecule has 142 valence electrons. The molecule has 6 heteroatoms. The first-order chi connectivity index (χ1) is 11.5. The summed E-state index contributed by atoms with van der Waals surface area (Å²) in [5.74, 6) is 0.197. The van der Waals surface area contributed by atoms with Gasteiger partial charge in [-0.05, 0) is 51.6 Å². The van der Waals surface area contributed by atoms with Crippen LogP contribution in [0.3, 0.4) is 0 Å². The molecule has 0 aliphatic carbocycles. The fourth-order valence-corrected chi connectivity index (χ4v) is 2.66. The topological polar surface area (TPSA) is 138 Å². The van der Waals surface area contributed by atoms with E-state index >= 15 is 0 Å². The van der Waals surface area contributed by atoms with Gasteiger partial charge in [0.05, 0.1) is 12.1 Å². The molecule has 0 saturated heterocycles. The van der Waals surface area contributed by atoms with Crippen LogP contribution in [0.25, 0.3) is 0 Å². The number of nitrogens with two attached hydrogens (primary N) is 4. The number of hydrogen-bond acceptors (Lipinski definition) is 6. The number of carbonyl (C=O) groups excluding carboxylic acids is 2. The van der Waals surface area contributed by atoms with Gasteiger partial charge in [-0.3, -0.25) is 9.59 Å². The molecule has 0 aliphatic heterocycles. The summed E-state index contributed by atoms with van der Waals surface area (Å²) in [5.41, 5.74) is 22.7. The van der Waals surface area contributed by atoms with Crippen LogP contribution in [0.1, 0.15) is 77.0 Å². The van der Waals surface area contributed by atoms with E-state index in [1.165, 1.54) is 0 Å². The van der Waals surface area contributed by atoms with E-state index in [9.17, 15) is 9.59 Å². The Kier molecular flexibility index (Phi) is 15.2. The van der Waals surface area contributed by atoms with Crippen molar-refractivity contribution in [3.05, 3.63) is 0 Å². The lowest BCUT2D eigenvalue weighted by Crippen LogP contribution is -2.31. The van der Waals surface area contributed by atoms with Gasteiger partial charge in [0.15, 0.2) is 0 Å². The summed E-state index contributed by atoms with van der Waals surface area (Å²) >= 11 is 0. The molecule has 24 heavy (non-hydrogen) atoms. The summed E-state index contributed by atoms with van der Waals surface area (Å²) < 4.78 is 0. The number of carbonyl (C=O) groups is 2. The van der Waals surface area contributed by atoms with E-state index in [0.717, 1.165) is 51.4 Å². The van der Waals surface area contributed by atoms with Crippen molar-refractivity contribution in [2.45, 2.75) is 89.1 Å². The van der Waals surface area contributed by atoms with Crippen LogP contribution in [0.2, 0.25) is 0 Å². The van der Waals surface area contributed by atoms with Gasteiger partial charge >= 0.3 is 0 Å². The van der Waals surface area contributed by atoms with E-state index in [1.807, 2.05) is 0 Å². The van der Waals surface area contributed by atoms with E-state index in [0.29, 0.717) is 38.8 Å². The van der Waals surface area contributed by atoms with Gasteiger partial charge in [0.25, 0.3) is 0 Å². The highest BCUT2D eigenvalue weighted by Crippen LogP contribution is 2.10. The van der Waals surface area contributed by atoms with Crippen molar-refractivity contribution in [3.63, 3.8) is 0 Å². The van der Waals surface area contributed by atoms with Gasteiger partial charge in [0, 0.05) is 12.8 Å². The average molecular weight is 343 g/mol. The first-order valence-corrected chi connectivity index (χ1v) is 9.49. The van der Waals surface area contributed by atoms with E-state index in [1.54, 1.807) is 0 Å². The number of unbranched alkanes of at least 4 members (excludes halogenated alkanes) is 5. The number of ketones is 2. The molecule has 2 unspecified atom stereocenters. The highest BCUT2D eigenvalue weighted by Gasteiger charge is 2.15. The Morgan fingerprint density at radius 1 is 0.583 bits per heavy atom. The summed E-state index contributed by atoms with van der Waals surface area (Å²) in [6, 6.07) is -0.744. The summed E-state index contributed by atoms with van der Waals surface area (Å²) in [7, 11) is 0. The van der Waals surface area contributed by atoms with Gasteiger partial charge in [-0.2, -0.15) is 0 Å². The molecular formula is C18H38N4O2. The average Bonchev–Trinajstić information content (AvgIpc) is 2.58. The quantitative estimate of drug-likeness (QED) is 0.295. The lowest BCUT2D eigenvalue weighted by Gasteiger charge is -2.11. The largest absolute Gasteiger partial charge is 0.330 e. The number of Topliss-reactive ketones (excluding diaryl/α,β-unsaturated/α-hetero) is 2. The van der Waals surface area contributed by atoms with Gasteiger partial charge in [-0.25, -0.2) is 0 Å². The molecule has 2 atom stereocenters. The molecule has 0 fully saturated rings. The molecule has 0 aromatic rings. The maximum absolute atomic E-state index is 11.9. The van der Waals surface area contributed by atoms with Gasteiger partial charge in [0.2, 0.25) is 0 Å². The van der Waals surface area contributed by atoms with Gasteiger partial charge in [-0.1, -0.05) is 25.7 Å². The minimum absolute atomic E-state index is 0.0984.